The summed E-state index contributed by atoms with van der Waals surface area (Å²) in [4.78, 5) is 54.0. The lowest BCUT2D eigenvalue weighted by atomic mass is 10.1. The monoisotopic (exact) mass is 490 g/mol. The van der Waals surface area contributed by atoms with Gasteiger partial charge in [0.05, 0.1) is 6.04 Å². The van der Waals surface area contributed by atoms with Gasteiger partial charge in [0.2, 0.25) is 17.7 Å². The van der Waals surface area contributed by atoms with Crippen LogP contribution in [0.4, 0.5) is 0 Å². The quantitative estimate of drug-likeness (QED) is 0.443. The fourth-order valence-electron chi connectivity index (χ4n) is 4.70. The summed E-state index contributed by atoms with van der Waals surface area (Å²) in [6.45, 7) is 0.790. The van der Waals surface area contributed by atoms with Gasteiger partial charge < -0.3 is 26.0 Å². The Bertz CT molecular complexity index is 883. The van der Waals surface area contributed by atoms with Gasteiger partial charge in [-0.2, -0.15) is 11.8 Å². The molecule has 4 unspecified atom stereocenters. The number of carboxylic acid groups (broad SMARTS) is 1. The number of benzene rings is 1. The Morgan fingerprint density at radius 2 is 1.74 bits per heavy atom. The van der Waals surface area contributed by atoms with Crippen molar-refractivity contribution in [2.24, 2.45) is 5.73 Å². The lowest BCUT2D eigenvalue weighted by Crippen LogP contribution is -2.57. The van der Waals surface area contributed by atoms with Crippen LogP contribution in [0.25, 0.3) is 0 Å². The average molecular weight is 491 g/mol. The zero-order chi connectivity index (χ0) is 24.7. The Labute approximate surface area is 204 Å². The van der Waals surface area contributed by atoms with Crippen molar-refractivity contribution >= 4 is 35.5 Å². The van der Waals surface area contributed by atoms with E-state index in [-0.39, 0.29) is 11.8 Å². The van der Waals surface area contributed by atoms with Crippen LogP contribution in [0.5, 0.6) is 0 Å². The third-order valence-corrected chi connectivity index (χ3v) is 7.15. The highest BCUT2D eigenvalue weighted by Crippen LogP contribution is 2.26. The van der Waals surface area contributed by atoms with Gasteiger partial charge in [0.1, 0.15) is 18.1 Å². The van der Waals surface area contributed by atoms with Crippen molar-refractivity contribution in [2.45, 2.75) is 62.7 Å². The second kappa shape index (κ2) is 12.2. The Kier molecular flexibility index (Phi) is 9.35. The van der Waals surface area contributed by atoms with Crippen molar-refractivity contribution in [3.05, 3.63) is 35.9 Å². The molecule has 34 heavy (non-hydrogen) atoms. The molecular weight excluding hydrogens is 456 g/mol. The molecule has 3 rings (SSSR count). The highest BCUT2D eigenvalue weighted by atomic mass is 32.2. The summed E-state index contributed by atoms with van der Waals surface area (Å²) < 4.78 is 0. The summed E-state index contributed by atoms with van der Waals surface area (Å²) in [5.74, 6) is -1.39. The fourth-order valence-corrected chi connectivity index (χ4v) is 5.17. The highest BCUT2D eigenvalue weighted by Gasteiger charge is 2.43. The minimum absolute atomic E-state index is 0.309. The molecule has 2 fully saturated rings. The van der Waals surface area contributed by atoms with E-state index in [2.05, 4.69) is 5.32 Å². The summed E-state index contributed by atoms with van der Waals surface area (Å²) in [7, 11) is 0. The van der Waals surface area contributed by atoms with E-state index < -0.39 is 36.0 Å². The van der Waals surface area contributed by atoms with E-state index in [4.69, 9.17) is 5.73 Å². The van der Waals surface area contributed by atoms with Gasteiger partial charge in [-0.15, -0.1) is 0 Å². The number of nitrogens with zero attached hydrogens (tertiary/aromatic N) is 2. The SMILES string of the molecule is CSCCC(NC(=O)C(N)Cc1ccccc1)C(=O)N1CCCC1C(=O)N1CCCC1C(=O)O. The molecule has 1 aromatic rings. The summed E-state index contributed by atoms with van der Waals surface area (Å²) >= 11 is 1.57. The molecule has 0 aliphatic carbocycles. The topological polar surface area (TPSA) is 133 Å². The predicted molar refractivity (Wildman–Crippen MR) is 130 cm³/mol. The van der Waals surface area contributed by atoms with Crippen LogP contribution in [0.3, 0.4) is 0 Å². The van der Waals surface area contributed by atoms with E-state index in [0.717, 1.165) is 5.56 Å². The number of nitrogens with two attached hydrogens (primary N) is 1. The number of hydrogen-bond acceptors (Lipinski definition) is 6. The number of thioether (sulfide) groups is 1. The molecule has 9 nitrogen and oxygen atoms in total. The molecule has 4 N–H and O–H groups in total. The Morgan fingerprint density at radius 1 is 1.09 bits per heavy atom. The molecule has 0 saturated carbocycles. The summed E-state index contributed by atoms with van der Waals surface area (Å²) in [6, 6.07) is 6.31. The summed E-state index contributed by atoms with van der Waals surface area (Å²) in [5, 5.41) is 12.3. The van der Waals surface area contributed by atoms with E-state index in [1.165, 1.54) is 9.80 Å². The number of carbonyl (C=O) groups is 4. The normalized spacial score (nSPS) is 21.8. The van der Waals surface area contributed by atoms with E-state index >= 15 is 0 Å². The van der Waals surface area contributed by atoms with Crippen molar-refractivity contribution < 1.29 is 24.3 Å². The molecule has 2 heterocycles. The molecule has 0 spiro atoms. The second-order valence-electron chi connectivity index (χ2n) is 8.86. The lowest BCUT2D eigenvalue weighted by molar-refractivity contribution is -0.152. The Morgan fingerprint density at radius 3 is 2.38 bits per heavy atom. The number of likely N-dealkylation sites (tertiary alicyclic amines) is 2. The van der Waals surface area contributed by atoms with Gasteiger partial charge in [-0.3, -0.25) is 14.4 Å². The zero-order valence-electron chi connectivity index (χ0n) is 19.5. The molecule has 2 aliphatic rings. The highest BCUT2D eigenvalue weighted by molar-refractivity contribution is 7.98. The average Bonchev–Trinajstić information content (AvgIpc) is 3.51. The minimum Gasteiger partial charge on any atom is -0.480 e. The van der Waals surface area contributed by atoms with Crippen LogP contribution < -0.4 is 11.1 Å². The zero-order valence-corrected chi connectivity index (χ0v) is 20.3. The predicted octanol–water partition coefficient (Wildman–Crippen LogP) is 0.861. The largest absolute Gasteiger partial charge is 0.480 e. The fraction of sp³-hybridized carbons (Fsp3) is 0.583. The van der Waals surface area contributed by atoms with Gasteiger partial charge in [0, 0.05) is 13.1 Å². The number of carbonyl (C=O) groups excluding carboxylic acids is 3. The molecule has 186 valence electrons. The Hall–Kier alpha value is -2.59. The Balaban J connectivity index is 1.68. The molecule has 10 heteroatoms. The van der Waals surface area contributed by atoms with Crippen LogP contribution in [-0.2, 0) is 25.6 Å². The molecule has 0 radical (unpaired) electrons. The van der Waals surface area contributed by atoms with Crippen LogP contribution in [0.1, 0.15) is 37.7 Å². The number of aliphatic carboxylic acids is 1. The van der Waals surface area contributed by atoms with E-state index in [1.54, 1.807) is 11.8 Å². The van der Waals surface area contributed by atoms with Crippen LogP contribution in [0, 0.1) is 0 Å². The molecule has 2 saturated heterocycles. The van der Waals surface area contributed by atoms with E-state index in [1.807, 2.05) is 36.6 Å². The molecule has 0 bridgehead atoms. The van der Waals surface area contributed by atoms with Gasteiger partial charge >= 0.3 is 5.97 Å². The molecule has 2 aliphatic heterocycles. The molecular formula is C24H34N4O5S. The van der Waals surface area contributed by atoms with Crippen molar-refractivity contribution in [1.29, 1.82) is 0 Å². The number of nitrogens with one attached hydrogen (secondary N) is 1. The standard InChI is InChI=1S/C24H34N4O5S/c1-34-14-11-18(26-21(29)17(25)15-16-7-3-2-4-8-16)22(30)27-12-5-9-19(27)23(31)28-13-6-10-20(28)24(32)33/h2-4,7-8,17-20H,5-6,9-15,25H2,1H3,(H,26,29)(H,32,33). The maximum absolute atomic E-state index is 13.5. The number of rotatable bonds is 10. The van der Waals surface area contributed by atoms with Gasteiger partial charge in [0.15, 0.2) is 0 Å². The minimum atomic E-state index is -1.01. The first kappa shape index (κ1) is 26.0. The third kappa shape index (κ3) is 6.29. The molecule has 0 aromatic heterocycles. The first-order valence-electron chi connectivity index (χ1n) is 11.8. The number of hydrogen-bond donors (Lipinski definition) is 3. The second-order valence-corrected chi connectivity index (χ2v) is 9.84. The van der Waals surface area contributed by atoms with E-state index in [0.29, 0.717) is 57.4 Å². The van der Waals surface area contributed by atoms with Crippen LogP contribution in [-0.4, -0.2) is 87.9 Å². The van der Waals surface area contributed by atoms with E-state index in [9.17, 15) is 24.3 Å². The van der Waals surface area contributed by atoms with Crippen molar-refractivity contribution in [3.8, 4) is 0 Å². The van der Waals surface area contributed by atoms with Crippen molar-refractivity contribution in [2.75, 3.05) is 25.1 Å². The van der Waals surface area contributed by atoms with Crippen LogP contribution >= 0.6 is 11.8 Å². The van der Waals surface area contributed by atoms with Crippen LogP contribution in [0.2, 0.25) is 0 Å². The first-order valence-corrected chi connectivity index (χ1v) is 13.2. The van der Waals surface area contributed by atoms with Crippen LogP contribution in [0.15, 0.2) is 30.3 Å². The summed E-state index contributed by atoms with van der Waals surface area (Å²) in [6.07, 6.45) is 4.90. The maximum atomic E-state index is 13.5. The van der Waals surface area contributed by atoms with Gasteiger partial charge in [-0.1, -0.05) is 30.3 Å². The van der Waals surface area contributed by atoms with Gasteiger partial charge in [0.25, 0.3) is 0 Å². The van der Waals surface area contributed by atoms with Crippen molar-refractivity contribution in [1.82, 2.24) is 15.1 Å². The van der Waals surface area contributed by atoms with Gasteiger partial charge in [-0.25, -0.2) is 4.79 Å². The number of carboxylic acids is 1. The van der Waals surface area contributed by atoms with Crippen molar-refractivity contribution in [3.63, 3.8) is 0 Å². The first-order chi connectivity index (χ1) is 16.3. The summed E-state index contributed by atoms with van der Waals surface area (Å²) in [5.41, 5.74) is 7.05. The number of amides is 3. The molecule has 4 atom stereocenters. The molecule has 1 aromatic carbocycles. The third-order valence-electron chi connectivity index (χ3n) is 6.50. The molecule has 3 amide bonds. The lowest BCUT2D eigenvalue weighted by Gasteiger charge is -2.32. The van der Waals surface area contributed by atoms with Gasteiger partial charge in [-0.05, 0) is 56.1 Å². The maximum Gasteiger partial charge on any atom is 0.326 e. The smallest absolute Gasteiger partial charge is 0.326 e.